The fourth-order valence-electron chi connectivity index (χ4n) is 2.79. The molecular formula is C14H18ClNO3. The number of fused-ring (bicyclic) bond motifs is 1. The summed E-state index contributed by atoms with van der Waals surface area (Å²) >= 11 is 6.12. The zero-order valence-corrected chi connectivity index (χ0v) is 11.7. The van der Waals surface area contributed by atoms with E-state index in [1.165, 1.54) is 0 Å². The van der Waals surface area contributed by atoms with Gasteiger partial charge < -0.3 is 20.3 Å². The van der Waals surface area contributed by atoms with Crippen LogP contribution >= 0.6 is 11.6 Å². The van der Waals surface area contributed by atoms with Crippen molar-refractivity contribution >= 4 is 11.6 Å². The molecule has 5 heteroatoms. The van der Waals surface area contributed by atoms with E-state index in [-0.39, 0.29) is 17.2 Å². The van der Waals surface area contributed by atoms with Crippen LogP contribution in [0, 0.1) is 0 Å². The van der Waals surface area contributed by atoms with Gasteiger partial charge in [-0.3, -0.25) is 0 Å². The molecule has 0 radical (unpaired) electrons. The predicted octanol–water partition coefficient (Wildman–Crippen LogP) is 2.59. The number of phenolic OH excluding ortho intramolecular Hbond substituents is 1. The SMILES string of the molecule is CC(N)C1(c2c(O)c(Cl)cc3c2OCCCO3)CC1. The molecule has 1 aliphatic carbocycles. The number of benzene rings is 1. The number of hydrogen-bond donors (Lipinski definition) is 2. The molecule has 104 valence electrons. The Labute approximate surface area is 117 Å². The minimum atomic E-state index is -0.229. The van der Waals surface area contributed by atoms with Crippen molar-refractivity contribution < 1.29 is 14.6 Å². The second-order valence-electron chi connectivity index (χ2n) is 5.40. The van der Waals surface area contributed by atoms with Gasteiger partial charge in [-0.1, -0.05) is 11.6 Å². The maximum Gasteiger partial charge on any atom is 0.168 e. The summed E-state index contributed by atoms with van der Waals surface area (Å²) in [6.45, 7) is 3.13. The Kier molecular flexibility index (Phi) is 3.02. The quantitative estimate of drug-likeness (QED) is 0.876. The number of ether oxygens (including phenoxy) is 2. The lowest BCUT2D eigenvalue weighted by molar-refractivity contribution is 0.294. The zero-order chi connectivity index (χ0) is 13.6. The van der Waals surface area contributed by atoms with Crippen LogP contribution in [-0.2, 0) is 5.41 Å². The predicted molar refractivity (Wildman–Crippen MR) is 73.3 cm³/mol. The van der Waals surface area contributed by atoms with Crippen molar-refractivity contribution in [1.82, 2.24) is 0 Å². The van der Waals surface area contributed by atoms with E-state index < -0.39 is 0 Å². The van der Waals surface area contributed by atoms with Crippen LogP contribution in [0.3, 0.4) is 0 Å². The largest absolute Gasteiger partial charge is 0.506 e. The summed E-state index contributed by atoms with van der Waals surface area (Å²) in [6, 6.07) is 1.56. The Bertz CT molecular complexity index is 512. The molecular weight excluding hydrogens is 266 g/mol. The Morgan fingerprint density at radius 1 is 1.37 bits per heavy atom. The Hall–Kier alpha value is -1.13. The molecule has 1 aliphatic heterocycles. The third-order valence-electron chi connectivity index (χ3n) is 4.12. The summed E-state index contributed by atoms with van der Waals surface area (Å²) in [5.74, 6) is 1.32. The summed E-state index contributed by atoms with van der Waals surface area (Å²) in [4.78, 5) is 0. The lowest BCUT2D eigenvalue weighted by Gasteiger charge is -2.25. The first-order valence-electron chi connectivity index (χ1n) is 6.63. The summed E-state index contributed by atoms with van der Waals surface area (Å²) in [7, 11) is 0. The fourth-order valence-corrected chi connectivity index (χ4v) is 2.99. The molecule has 1 aromatic rings. The minimum Gasteiger partial charge on any atom is -0.506 e. The molecule has 0 saturated heterocycles. The molecule has 0 spiro atoms. The fraction of sp³-hybridized carbons (Fsp3) is 0.571. The molecule has 3 N–H and O–H groups in total. The molecule has 1 saturated carbocycles. The second kappa shape index (κ2) is 4.46. The van der Waals surface area contributed by atoms with Crippen LogP contribution in [0.5, 0.6) is 17.2 Å². The summed E-state index contributed by atoms with van der Waals surface area (Å²) < 4.78 is 11.5. The van der Waals surface area contributed by atoms with Gasteiger partial charge in [-0.25, -0.2) is 0 Å². The van der Waals surface area contributed by atoms with Crippen molar-refractivity contribution in [2.75, 3.05) is 13.2 Å². The summed E-state index contributed by atoms with van der Waals surface area (Å²) in [5.41, 5.74) is 6.60. The van der Waals surface area contributed by atoms with Gasteiger partial charge in [0.2, 0.25) is 0 Å². The van der Waals surface area contributed by atoms with Gasteiger partial charge in [0.15, 0.2) is 11.5 Å². The summed E-state index contributed by atoms with van der Waals surface area (Å²) in [6.07, 6.45) is 2.69. The number of halogens is 1. The maximum atomic E-state index is 10.3. The van der Waals surface area contributed by atoms with E-state index in [1.807, 2.05) is 6.92 Å². The smallest absolute Gasteiger partial charge is 0.168 e. The van der Waals surface area contributed by atoms with Crippen molar-refractivity contribution in [2.24, 2.45) is 5.73 Å². The van der Waals surface area contributed by atoms with Gasteiger partial charge in [-0.15, -0.1) is 0 Å². The van der Waals surface area contributed by atoms with Crippen molar-refractivity contribution in [2.45, 2.75) is 37.6 Å². The molecule has 0 aromatic heterocycles. The van der Waals surface area contributed by atoms with E-state index in [4.69, 9.17) is 26.8 Å². The third kappa shape index (κ3) is 1.94. The highest BCUT2D eigenvalue weighted by Gasteiger charge is 2.52. The highest BCUT2D eigenvalue weighted by molar-refractivity contribution is 6.32. The van der Waals surface area contributed by atoms with Gasteiger partial charge in [-0.05, 0) is 19.8 Å². The maximum absolute atomic E-state index is 10.3. The van der Waals surface area contributed by atoms with E-state index in [0.717, 1.165) is 24.8 Å². The van der Waals surface area contributed by atoms with E-state index in [9.17, 15) is 5.11 Å². The third-order valence-corrected chi connectivity index (χ3v) is 4.41. The van der Waals surface area contributed by atoms with Crippen molar-refractivity contribution in [3.63, 3.8) is 0 Å². The highest BCUT2D eigenvalue weighted by Crippen LogP contribution is 2.59. The Balaban J connectivity index is 2.19. The molecule has 2 aliphatic rings. The van der Waals surface area contributed by atoms with Crippen LogP contribution in [0.4, 0.5) is 0 Å². The molecule has 1 aromatic carbocycles. The molecule has 1 fully saturated rings. The van der Waals surface area contributed by atoms with Gasteiger partial charge in [-0.2, -0.15) is 0 Å². The first kappa shape index (κ1) is 12.9. The topological polar surface area (TPSA) is 64.7 Å². The second-order valence-corrected chi connectivity index (χ2v) is 5.81. The standard InChI is InChI=1S/C14H18ClNO3/c1-8(16)14(3-4-14)11-12(17)9(15)7-10-13(11)19-6-2-5-18-10/h7-8,17H,2-6,16H2,1H3. The van der Waals surface area contributed by atoms with Crippen LogP contribution in [0.15, 0.2) is 6.07 Å². The van der Waals surface area contributed by atoms with Gasteiger partial charge in [0.1, 0.15) is 5.75 Å². The number of aromatic hydroxyl groups is 1. The van der Waals surface area contributed by atoms with Crippen molar-refractivity contribution in [1.29, 1.82) is 0 Å². The lowest BCUT2D eigenvalue weighted by atomic mass is 9.87. The van der Waals surface area contributed by atoms with Crippen LogP contribution < -0.4 is 15.2 Å². The highest BCUT2D eigenvalue weighted by atomic mass is 35.5. The van der Waals surface area contributed by atoms with E-state index in [1.54, 1.807) is 6.07 Å². The first-order valence-corrected chi connectivity index (χ1v) is 7.01. The van der Waals surface area contributed by atoms with Crippen molar-refractivity contribution in [3.05, 3.63) is 16.7 Å². The van der Waals surface area contributed by atoms with Crippen LogP contribution in [0.25, 0.3) is 0 Å². The van der Waals surface area contributed by atoms with Crippen LogP contribution in [0.1, 0.15) is 31.7 Å². The van der Waals surface area contributed by atoms with Crippen molar-refractivity contribution in [3.8, 4) is 17.2 Å². The molecule has 0 amide bonds. The molecule has 19 heavy (non-hydrogen) atoms. The molecule has 0 bridgehead atoms. The van der Waals surface area contributed by atoms with E-state index in [0.29, 0.717) is 29.7 Å². The van der Waals surface area contributed by atoms with Gasteiger partial charge in [0, 0.05) is 29.5 Å². The summed E-state index contributed by atoms with van der Waals surface area (Å²) in [5, 5.41) is 10.6. The molecule has 1 heterocycles. The van der Waals surface area contributed by atoms with E-state index >= 15 is 0 Å². The van der Waals surface area contributed by atoms with Crippen LogP contribution in [0.2, 0.25) is 5.02 Å². The molecule has 3 rings (SSSR count). The monoisotopic (exact) mass is 283 g/mol. The average molecular weight is 284 g/mol. The van der Waals surface area contributed by atoms with Gasteiger partial charge in [0.25, 0.3) is 0 Å². The molecule has 1 atom stereocenters. The minimum absolute atomic E-state index is 0.0622. The molecule has 1 unspecified atom stereocenters. The number of phenols is 1. The van der Waals surface area contributed by atoms with Crippen LogP contribution in [-0.4, -0.2) is 24.4 Å². The number of hydrogen-bond acceptors (Lipinski definition) is 4. The number of nitrogens with two attached hydrogens (primary N) is 1. The molecule has 4 nitrogen and oxygen atoms in total. The van der Waals surface area contributed by atoms with E-state index in [2.05, 4.69) is 0 Å². The lowest BCUT2D eigenvalue weighted by Crippen LogP contribution is -2.32. The average Bonchev–Trinajstić information content (AvgIpc) is 3.15. The first-order chi connectivity index (χ1) is 9.06. The normalized spacial score (nSPS) is 21.6. The number of rotatable bonds is 2. The Morgan fingerprint density at radius 3 is 2.68 bits per heavy atom. The Morgan fingerprint density at radius 2 is 2.05 bits per heavy atom. The zero-order valence-electron chi connectivity index (χ0n) is 10.9. The van der Waals surface area contributed by atoms with Gasteiger partial charge in [0.05, 0.1) is 18.2 Å². The van der Waals surface area contributed by atoms with Gasteiger partial charge >= 0.3 is 0 Å².